The number of carbonyl (C=O) groups is 1. The summed E-state index contributed by atoms with van der Waals surface area (Å²) in [6.07, 6.45) is 0.364. The molecular weight excluding hydrogens is 180 g/mol. The molecule has 1 aliphatic rings. The Kier molecular flexibility index (Phi) is 3.50. The van der Waals surface area contributed by atoms with E-state index < -0.39 is 6.10 Å². The molecule has 0 aromatic rings. The van der Waals surface area contributed by atoms with Gasteiger partial charge in [0.15, 0.2) is 0 Å². The highest BCUT2D eigenvalue weighted by Gasteiger charge is 2.36. The van der Waals surface area contributed by atoms with Crippen molar-refractivity contribution in [2.24, 2.45) is 5.41 Å². The molecule has 14 heavy (non-hydrogen) atoms. The predicted octanol–water partition coefficient (Wildman–Crippen LogP) is -0.128. The van der Waals surface area contributed by atoms with Gasteiger partial charge in [-0.3, -0.25) is 4.79 Å². The van der Waals surface area contributed by atoms with Crippen LogP contribution in [0.3, 0.4) is 0 Å². The van der Waals surface area contributed by atoms with Crippen LogP contribution >= 0.6 is 0 Å². The first-order chi connectivity index (χ1) is 6.46. The van der Waals surface area contributed by atoms with Crippen molar-refractivity contribution in [3.8, 4) is 0 Å². The van der Waals surface area contributed by atoms with E-state index in [1.165, 1.54) is 0 Å². The summed E-state index contributed by atoms with van der Waals surface area (Å²) in [5.41, 5.74) is -0.302. The van der Waals surface area contributed by atoms with E-state index in [1.807, 2.05) is 13.8 Å². The lowest BCUT2D eigenvalue weighted by molar-refractivity contribution is -0.130. The molecule has 0 aliphatic carbocycles. The monoisotopic (exact) mass is 200 g/mol. The minimum absolute atomic E-state index is 0.0379. The number of aliphatic hydroxyl groups excluding tert-OH is 1. The van der Waals surface area contributed by atoms with E-state index >= 15 is 0 Å². The second-order valence-electron chi connectivity index (χ2n) is 4.49. The van der Waals surface area contributed by atoms with E-state index in [0.717, 1.165) is 19.5 Å². The zero-order chi connectivity index (χ0) is 10.8. The zero-order valence-electron chi connectivity index (χ0n) is 9.13. The summed E-state index contributed by atoms with van der Waals surface area (Å²) in [6, 6.07) is -0.181. The molecule has 0 saturated carbocycles. The van der Waals surface area contributed by atoms with Gasteiger partial charge in [-0.25, -0.2) is 0 Å². The van der Waals surface area contributed by atoms with E-state index in [1.54, 1.807) is 6.92 Å². The molecule has 1 fully saturated rings. The Bertz CT molecular complexity index is 210. The summed E-state index contributed by atoms with van der Waals surface area (Å²) in [5.74, 6) is 0.0379. The topological polar surface area (TPSA) is 61.4 Å². The van der Waals surface area contributed by atoms with Crippen LogP contribution in [-0.2, 0) is 4.79 Å². The first-order valence-electron chi connectivity index (χ1n) is 5.15. The molecule has 0 radical (unpaired) electrons. The molecule has 1 saturated heterocycles. The fourth-order valence-electron chi connectivity index (χ4n) is 1.51. The van der Waals surface area contributed by atoms with Gasteiger partial charge in [-0.2, -0.15) is 0 Å². The molecule has 0 spiro atoms. The average Bonchev–Trinajstić information content (AvgIpc) is 2.53. The Balaban J connectivity index is 2.49. The summed E-state index contributed by atoms with van der Waals surface area (Å²) in [7, 11) is 0. The van der Waals surface area contributed by atoms with Gasteiger partial charge in [0.05, 0.1) is 17.6 Å². The minimum Gasteiger partial charge on any atom is -0.391 e. The Morgan fingerprint density at radius 1 is 1.57 bits per heavy atom. The number of rotatable bonds is 3. The molecule has 1 amide bonds. The van der Waals surface area contributed by atoms with Gasteiger partial charge < -0.3 is 15.7 Å². The molecule has 4 nitrogen and oxygen atoms in total. The molecule has 3 atom stereocenters. The maximum Gasteiger partial charge on any atom is 0.227 e. The lowest BCUT2D eigenvalue weighted by Gasteiger charge is -2.25. The summed E-state index contributed by atoms with van der Waals surface area (Å²) >= 11 is 0. The highest BCUT2D eigenvalue weighted by Crippen LogP contribution is 2.24. The van der Waals surface area contributed by atoms with Crippen LogP contribution in [0.5, 0.6) is 0 Å². The van der Waals surface area contributed by atoms with E-state index in [-0.39, 0.29) is 17.4 Å². The van der Waals surface area contributed by atoms with Gasteiger partial charge in [0.2, 0.25) is 5.91 Å². The fraction of sp³-hybridized carbons (Fsp3) is 0.900. The van der Waals surface area contributed by atoms with Gasteiger partial charge in [-0.15, -0.1) is 0 Å². The molecule has 3 N–H and O–H groups in total. The van der Waals surface area contributed by atoms with E-state index in [0.29, 0.717) is 0 Å². The van der Waals surface area contributed by atoms with Crippen LogP contribution in [0.4, 0.5) is 0 Å². The number of carbonyl (C=O) groups excluding carboxylic acids is 1. The summed E-state index contributed by atoms with van der Waals surface area (Å²) < 4.78 is 0. The second-order valence-corrected chi connectivity index (χ2v) is 4.49. The first-order valence-corrected chi connectivity index (χ1v) is 5.15. The largest absolute Gasteiger partial charge is 0.391 e. The van der Waals surface area contributed by atoms with Crippen LogP contribution in [-0.4, -0.2) is 36.2 Å². The molecule has 1 heterocycles. The minimum atomic E-state index is -0.503. The summed E-state index contributed by atoms with van der Waals surface area (Å²) in [5, 5.41) is 15.3. The fourth-order valence-corrected chi connectivity index (χ4v) is 1.51. The predicted molar refractivity (Wildman–Crippen MR) is 54.9 cm³/mol. The van der Waals surface area contributed by atoms with E-state index in [4.69, 9.17) is 0 Å². The van der Waals surface area contributed by atoms with Crippen molar-refractivity contribution in [2.45, 2.75) is 39.3 Å². The molecule has 1 aliphatic heterocycles. The third kappa shape index (κ3) is 2.45. The third-order valence-electron chi connectivity index (χ3n) is 3.00. The van der Waals surface area contributed by atoms with Crippen LogP contribution in [0, 0.1) is 5.41 Å². The highest BCUT2D eigenvalue weighted by atomic mass is 16.3. The van der Waals surface area contributed by atoms with Gasteiger partial charge in [-0.1, -0.05) is 0 Å². The van der Waals surface area contributed by atoms with E-state index in [9.17, 15) is 9.90 Å². The number of hydrogen-bond acceptors (Lipinski definition) is 3. The lowest BCUT2D eigenvalue weighted by atomic mass is 9.88. The molecular formula is C10H20N2O2. The molecule has 4 heteroatoms. The Hall–Kier alpha value is -0.610. The molecule has 0 aromatic carbocycles. The standard InChI is InChI=1S/C10H20N2O2/c1-7(8(2)13)12-9(14)10(3)4-5-11-6-10/h7-8,11,13H,4-6H2,1-3H3,(H,12,14). The number of aliphatic hydroxyl groups is 1. The van der Waals surface area contributed by atoms with Crippen LogP contribution in [0.25, 0.3) is 0 Å². The summed E-state index contributed by atoms with van der Waals surface area (Å²) in [6.45, 7) is 7.07. The van der Waals surface area contributed by atoms with Crippen LogP contribution in [0.1, 0.15) is 27.2 Å². The lowest BCUT2D eigenvalue weighted by Crippen LogP contribution is -2.47. The van der Waals surface area contributed by atoms with Crippen molar-refractivity contribution in [1.29, 1.82) is 0 Å². The van der Waals surface area contributed by atoms with Gasteiger partial charge >= 0.3 is 0 Å². The SMILES string of the molecule is CC(O)C(C)NC(=O)C1(C)CCNC1. The molecule has 3 unspecified atom stereocenters. The smallest absolute Gasteiger partial charge is 0.227 e. The first kappa shape index (κ1) is 11.5. The third-order valence-corrected chi connectivity index (χ3v) is 3.00. The van der Waals surface area contributed by atoms with Gasteiger partial charge in [0.1, 0.15) is 0 Å². The maximum absolute atomic E-state index is 11.8. The molecule has 82 valence electrons. The Morgan fingerprint density at radius 3 is 2.64 bits per heavy atom. The van der Waals surface area contributed by atoms with Crippen LogP contribution in [0.2, 0.25) is 0 Å². The number of amides is 1. The van der Waals surface area contributed by atoms with Crippen molar-refractivity contribution >= 4 is 5.91 Å². The van der Waals surface area contributed by atoms with Crippen LogP contribution in [0.15, 0.2) is 0 Å². The quantitative estimate of drug-likeness (QED) is 0.595. The number of hydrogen-bond donors (Lipinski definition) is 3. The summed E-state index contributed by atoms with van der Waals surface area (Å²) in [4.78, 5) is 11.8. The molecule has 0 bridgehead atoms. The Labute approximate surface area is 85.1 Å². The molecule has 0 aromatic heterocycles. The Morgan fingerprint density at radius 2 is 2.21 bits per heavy atom. The van der Waals surface area contributed by atoms with Gasteiger partial charge in [0.25, 0.3) is 0 Å². The van der Waals surface area contributed by atoms with E-state index in [2.05, 4.69) is 10.6 Å². The highest BCUT2D eigenvalue weighted by molar-refractivity contribution is 5.83. The van der Waals surface area contributed by atoms with Crippen LogP contribution < -0.4 is 10.6 Å². The maximum atomic E-state index is 11.8. The molecule has 1 rings (SSSR count). The average molecular weight is 200 g/mol. The normalized spacial score (nSPS) is 31.1. The van der Waals surface area contributed by atoms with Crippen molar-refractivity contribution in [1.82, 2.24) is 10.6 Å². The number of nitrogens with one attached hydrogen (secondary N) is 2. The van der Waals surface area contributed by atoms with Crippen molar-refractivity contribution < 1.29 is 9.90 Å². The van der Waals surface area contributed by atoms with Crippen molar-refractivity contribution in [3.05, 3.63) is 0 Å². The van der Waals surface area contributed by atoms with Crippen molar-refractivity contribution in [3.63, 3.8) is 0 Å². The van der Waals surface area contributed by atoms with Gasteiger partial charge in [0, 0.05) is 6.54 Å². The second kappa shape index (κ2) is 4.28. The van der Waals surface area contributed by atoms with Gasteiger partial charge in [-0.05, 0) is 33.7 Å². The zero-order valence-corrected chi connectivity index (χ0v) is 9.13. The van der Waals surface area contributed by atoms with Crippen molar-refractivity contribution in [2.75, 3.05) is 13.1 Å².